The predicted molar refractivity (Wildman–Crippen MR) is 100 cm³/mol. The quantitative estimate of drug-likeness (QED) is 0.592. The topological polar surface area (TPSA) is 66.7 Å². The lowest BCUT2D eigenvalue weighted by atomic mass is 9.86. The van der Waals surface area contributed by atoms with Crippen LogP contribution in [0.1, 0.15) is 32.1 Å². The molecule has 3 atom stereocenters. The molecule has 1 amide bonds. The molecular formula is C19H24ClN3O3. The number of rotatable bonds is 4. The number of hydrogen-bond acceptors (Lipinski definition) is 4. The van der Waals surface area contributed by atoms with Gasteiger partial charge in [-0.2, -0.15) is 0 Å². The SMILES string of the molecule is O=C(CC1CC2CCC1C2)N1CCN(c2ccc(Cl)cc2[N+](=O)[O-])CC1. The number of carbonyl (C=O) groups is 1. The number of fused-ring (bicyclic) bond motifs is 2. The van der Waals surface area contributed by atoms with E-state index in [-0.39, 0.29) is 11.6 Å². The molecule has 1 aromatic carbocycles. The molecule has 6 nitrogen and oxygen atoms in total. The smallest absolute Gasteiger partial charge is 0.294 e. The molecule has 0 N–H and O–H groups in total. The molecule has 3 unspecified atom stereocenters. The summed E-state index contributed by atoms with van der Waals surface area (Å²) in [7, 11) is 0. The molecule has 1 aliphatic heterocycles. The molecule has 0 radical (unpaired) electrons. The van der Waals surface area contributed by atoms with Gasteiger partial charge in [0.25, 0.3) is 5.69 Å². The van der Waals surface area contributed by atoms with E-state index in [2.05, 4.69) is 0 Å². The molecule has 26 heavy (non-hydrogen) atoms. The van der Waals surface area contributed by atoms with Crippen molar-refractivity contribution in [3.05, 3.63) is 33.3 Å². The Hall–Kier alpha value is -1.82. The molecule has 2 bridgehead atoms. The van der Waals surface area contributed by atoms with E-state index in [4.69, 9.17) is 11.6 Å². The Morgan fingerprint density at radius 3 is 2.58 bits per heavy atom. The normalized spacial score (nSPS) is 27.8. The van der Waals surface area contributed by atoms with Crippen LogP contribution in [0.5, 0.6) is 0 Å². The Bertz CT molecular complexity index is 718. The number of amides is 1. The van der Waals surface area contributed by atoms with Crippen LogP contribution in [-0.2, 0) is 4.79 Å². The summed E-state index contributed by atoms with van der Waals surface area (Å²) in [5.74, 6) is 2.46. The number of nitro benzene ring substituents is 1. The lowest BCUT2D eigenvalue weighted by Gasteiger charge is -2.36. The number of piperazine rings is 1. The number of halogens is 1. The summed E-state index contributed by atoms with van der Waals surface area (Å²) in [6.07, 6.45) is 5.89. The van der Waals surface area contributed by atoms with Crippen LogP contribution in [0.2, 0.25) is 5.02 Å². The molecule has 0 aromatic heterocycles. The number of carbonyl (C=O) groups excluding carboxylic acids is 1. The molecule has 2 saturated carbocycles. The van der Waals surface area contributed by atoms with Crippen molar-refractivity contribution in [2.75, 3.05) is 31.1 Å². The minimum absolute atomic E-state index is 0.0271. The molecular weight excluding hydrogens is 354 g/mol. The van der Waals surface area contributed by atoms with Crippen molar-refractivity contribution in [3.8, 4) is 0 Å². The zero-order valence-electron chi connectivity index (χ0n) is 14.8. The Morgan fingerprint density at radius 1 is 1.19 bits per heavy atom. The third kappa shape index (κ3) is 3.39. The Labute approximate surface area is 158 Å². The average Bonchev–Trinajstić information content (AvgIpc) is 3.25. The molecule has 3 fully saturated rings. The summed E-state index contributed by atoms with van der Waals surface area (Å²) in [6, 6.07) is 4.77. The molecule has 1 heterocycles. The standard InChI is InChI=1S/C19H24ClN3O3/c20-16-3-4-17(18(12-16)23(25)26)21-5-7-22(8-6-21)19(24)11-15-10-13-1-2-14(15)9-13/h3-4,12-15H,1-2,5-11H2. The molecule has 4 rings (SSSR count). The van der Waals surface area contributed by atoms with Gasteiger partial charge in [-0.3, -0.25) is 14.9 Å². The fourth-order valence-electron chi connectivity index (χ4n) is 5.09. The maximum Gasteiger partial charge on any atom is 0.294 e. The lowest BCUT2D eigenvalue weighted by Crippen LogP contribution is -2.49. The first-order valence-corrected chi connectivity index (χ1v) is 9.85. The fraction of sp³-hybridized carbons (Fsp3) is 0.632. The third-order valence-corrected chi connectivity index (χ3v) is 6.66. The highest BCUT2D eigenvalue weighted by molar-refractivity contribution is 6.30. The van der Waals surface area contributed by atoms with Gasteiger partial charge in [-0.05, 0) is 49.1 Å². The third-order valence-electron chi connectivity index (χ3n) is 6.43. The number of nitrogens with zero attached hydrogens (tertiary/aromatic N) is 3. The summed E-state index contributed by atoms with van der Waals surface area (Å²) in [6.45, 7) is 2.48. The summed E-state index contributed by atoms with van der Waals surface area (Å²) >= 11 is 5.90. The maximum absolute atomic E-state index is 12.7. The number of nitro groups is 1. The largest absolute Gasteiger partial charge is 0.362 e. The van der Waals surface area contributed by atoms with Crippen molar-refractivity contribution in [2.24, 2.45) is 17.8 Å². The van der Waals surface area contributed by atoms with Crippen LogP contribution < -0.4 is 4.90 Å². The second-order valence-electron chi connectivity index (χ2n) is 7.90. The minimum Gasteiger partial charge on any atom is -0.362 e. The van der Waals surface area contributed by atoms with Gasteiger partial charge in [-0.1, -0.05) is 18.0 Å². The van der Waals surface area contributed by atoms with E-state index in [0.29, 0.717) is 49.2 Å². The number of anilines is 1. The molecule has 2 aliphatic carbocycles. The second kappa shape index (κ2) is 7.06. The van der Waals surface area contributed by atoms with Crippen molar-refractivity contribution in [1.29, 1.82) is 0 Å². The van der Waals surface area contributed by atoms with Crippen molar-refractivity contribution in [1.82, 2.24) is 4.90 Å². The van der Waals surface area contributed by atoms with Crippen LogP contribution in [0.15, 0.2) is 18.2 Å². The van der Waals surface area contributed by atoms with Crippen LogP contribution in [0.25, 0.3) is 0 Å². The van der Waals surface area contributed by atoms with Gasteiger partial charge in [-0.15, -0.1) is 0 Å². The number of hydrogen-bond donors (Lipinski definition) is 0. The first-order chi connectivity index (χ1) is 12.5. The summed E-state index contributed by atoms with van der Waals surface area (Å²) in [5.41, 5.74) is 0.610. The fourth-order valence-corrected chi connectivity index (χ4v) is 5.25. The van der Waals surface area contributed by atoms with Crippen LogP contribution >= 0.6 is 11.6 Å². The van der Waals surface area contributed by atoms with Gasteiger partial charge in [0.1, 0.15) is 5.69 Å². The van der Waals surface area contributed by atoms with Crippen LogP contribution in [0.4, 0.5) is 11.4 Å². The highest BCUT2D eigenvalue weighted by Gasteiger charge is 2.40. The van der Waals surface area contributed by atoms with E-state index in [1.54, 1.807) is 12.1 Å². The van der Waals surface area contributed by atoms with E-state index < -0.39 is 4.92 Å². The molecule has 3 aliphatic rings. The molecule has 140 valence electrons. The van der Waals surface area contributed by atoms with Crippen LogP contribution in [0.3, 0.4) is 0 Å². The van der Waals surface area contributed by atoms with Gasteiger partial charge in [0.15, 0.2) is 0 Å². The Kier molecular flexibility index (Phi) is 4.78. The Morgan fingerprint density at radius 2 is 1.96 bits per heavy atom. The zero-order chi connectivity index (χ0) is 18.3. The summed E-state index contributed by atoms with van der Waals surface area (Å²) < 4.78 is 0. The van der Waals surface area contributed by atoms with Gasteiger partial charge in [-0.25, -0.2) is 0 Å². The van der Waals surface area contributed by atoms with Gasteiger partial charge in [0.2, 0.25) is 5.91 Å². The van der Waals surface area contributed by atoms with Gasteiger partial charge in [0, 0.05) is 43.7 Å². The van der Waals surface area contributed by atoms with Gasteiger partial charge in [0.05, 0.1) is 4.92 Å². The highest BCUT2D eigenvalue weighted by atomic mass is 35.5. The van der Waals surface area contributed by atoms with E-state index in [0.717, 1.165) is 11.8 Å². The molecule has 1 aromatic rings. The molecule has 1 saturated heterocycles. The van der Waals surface area contributed by atoms with Crippen molar-refractivity contribution < 1.29 is 9.72 Å². The minimum atomic E-state index is -0.395. The van der Waals surface area contributed by atoms with Crippen molar-refractivity contribution in [2.45, 2.75) is 32.1 Å². The van der Waals surface area contributed by atoms with Crippen molar-refractivity contribution in [3.63, 3.8) is 0 Å². The molecule has 7 heteroatoms. The summed E-state index contributed by atoms with van der Waals surface area (Å²) in [4.78, 5) is 27.5. The second-order valence-corrected chi connectivity index (χ2v) is 8.33. The monoisotopic (exact) mass is 377 g/mol. The molecule has 0 spiro atoms. The first-order valence-electron chi connectivity index (χ1n) is 9.48. The van der Waals surface area contributed by atoms with Gasteiger partial charge < -0.3 is 9.80 Å². The number of benzene rings is 1. The van der Waals surface area contributed by atoms with E-state index >= 15 is 0 Å². The van der Waals surface area contributed by atoms with Gasteiger partial charge >= 0.3 is 0 Å². The maximum atomic E-state index is 12.7. The lowest BCUT2D eigenvalue weighted by molar-refractivity contribution is -0.384. The predicted octanol–water partition coefficient (Wildman–Crippen LogP) is 3.72. The van der Waals surface area contributed by atoms with E-state index in [9.17, 15) is 14.9 Å². The average molecular weight is 378 g/mol. The Balaban J connectivity index is 1.35. The van der Waals surface area contributed by atoms with E-state index in [1.165, 1.54) is 31.7 Å². The highest BCUT2D eigenvalue weighted by Crippen LogP contribution is 2.49. The van der Waals surface area contributed by atoms with E-state index in [1.807, 2.05) is 9.80 Å². The first kappa shape index (κ1) is 17.6. The summed E-state index contributed by atoms with van der Waals surface area (Å²) in [5, 5.41) is 11.7. The van der Waals surface area contributed by atoms with Crippen LogP contribution in [-0.4, -0.2) is 41.9 Å². The zero-order valence-corrected chi connectivity index (χ0v) is 15.5. The van der Waals surface area contributed by atoms with Crippen LogP contribution in [0, 0.1) is 27.9 Å². The van der Waals surface area contributed by atoms with Crippen molar-refractivity contribution >= 4 is 28.9 Å².